The minimum Gasteiger partial charge on any atom is -0.497 e. The second-order valence-corrected chi connectivity index (χ2v) is 7.94. The van der Waals surface area contributed by atoms with Crippen molar-refractivity contribution in [2.45, 2.75) is 40.0 Å². The first-order chi connectivity index (χ1) is 12.7. The summed E-state index contributed by atoms with van der Waals surface area (Å²) < 4.78 is 10.4. The quantitative estimate of drug-likeness (QED) is 0.746. The lowest BCUT2D eigenvalue weighted by atomic mass is 9.93. The van der Waals surface area contributed by atoms with Crippen molar-refractivity contribution in [1.29, 1.82) is 0 Å². The molecule has 2 aromatic carbocycles. The Balaban J connectivity index is 1.91. The summed E-state index contributed by atoms with van der Waals surface area (Å²) in [6, 6.07) is 11.7. The summed E-state index contributed by atoms with van der Waals surface area (Å²) in [5, 5.41) is 4.75. The third-order valence-electron chi connectivity index (χ3n) is 4.49. The molecule has 0 aliphatic carbocycles. The zero-order chi connectivity index (χ0) is 20.0. The van der Waals surface area contributed by atoms with Crippen molar-refractivity contribution in [1.82, 2.24) is 5.32 Å². The molecule has 0 aliphatic rings. The Morgan fingerprint density at radius 2 is 1.74 bits per heavy atom. The van der Waals surface area contributed by atoms with Crippen LogP contribution >= 0.6 is 0 Å². The van der Waals surface area contributed by atoms with Gasteiger partial charge in [0.2, 0.25) is 5.91 Å². The number of carbonyl (C=O) groups excluding carboxylic acids is 2. The van der Waals surface area contributed by atoms with Crippen molar-refractivity contribution >= 4 is 22.6 Å². The fourth-order valence-corrected chi connectivity index (χ4v) is 2.62. The molecule has 27 heavy (non-hydrogen) atoms. The van der Waals surface area contributed by atoms with Crippen LogP contribution in [-0.4, -0.2) is 32.1 Å². The number of nitrogens with one attached hydrogen (secondary N) is 1. The number of methoxy groups -OCH3 is 1. The summed E-state index contributed by atoms with van der Waals surface area (Å²) in [7, 11) is 1.63. The zero-order valence-electron chi connectivity index (χ0n) is 16.8. The van der Waals surface area contributed by atoms with Crippen LogP contribution in [0.25, 0.3) is 10.8 Å². The maximum absolute atomic E-state index is 12.4. The molecule has 146 valence electrons. The molecule has 0 aliphatic heterocycles. The highest BCUT2D eigenvalue weighted by molar-refractivity contribution is 5.89. The normalized spacial score (nSPS) is 12.5. The van der Waals surface area contributed by atoms with Gasteiger partial charge in [-0.3, -0.25) is 9.59 Å². The van der Waals surface area contributed by atoms with E-state index < -0.39 is 5.97 Å². The van der Waals surface area contributed by atoms with Crippen molar-refractivity contribution in [3.63, 3.8) is 0 Å². The lowest BCUT2D eigenvalue weighted by Gasteiger charge is -2.18. The van der Waals surface area contributed by atoms with Crippen LogP contribution in [0.15, 0.2) is 36.4 Å². The summed E-state index contributed by atoms with van der Waals surface area (Å²) in [6.07, 6.45) is 0.783. The fraction of sp³-hybridized carbons (Fsp3) is 0.455. The molecule has 2 aromatic rings. The Kier molecular flexibility index (Phi) is 6.83. The van der Waals surface area contributed by atoms with E-state index >= 15 is 0 Å². The van der Waals surface area contributed by atoms with Gasteiger partial charge in [-0.25, -0.2) is 0 Å². The summed E-state index contributed by atoms with van der Waals surface area (Å²) in [5.41, 5.74) is 1.00. The smallest absolute Gasteiger partial charge is 0.325 e. The van der Waals surface area contributed by atoms with Crippen molar-refractivity contribution < 1.29 is 19.1 Å². The summed E-state index contributed by atoms with van der Waals surface area (Å²) in [6.45, 7) is 8.34. The number of fused-ring (bicyclic) bond motifs is 1. The van der Waals surface area contributed by atoms with Crippen LogP contribution in [0.1, 0.15) is 45.6 Å². The van der Waals surface area contributed by atoms with Gasteiger partial charge in [0, 0.05) is 0 Å². The first kappa shape index (κ1) is 20.7. The Bertz CT molecular complexity index is 808. The van der Waals surface area contributed by atoms with Gasteiger partial charge in [-0.05, 0) is 47.2 Å². The second-order valence-electron chi connectivity index (χ2n) is 7.94. The molecule has 0 unspecified atom stereocenters. The van der Waals surface area contributed by atoms with E-state index in [1.165, 1.54) is 0 Å². The van der Waals surface area contributed by atoms with Gasteiger partial charge in [0.05, 0.1) is 19.6 Å². The van der Waals surface area contributed by atoms with E-state index in [9.17, 15) is 9.59 Å². The van der Waals surface area contributed by atoms with Gasteiger partial charge in [-0.1, -0.05) is 45.0 Å². The number of benzene rings is 2. The molecule has 0 saturated heterocycles. The molecule has 5 nitrogen and oxygen atoms in total. The molecule has 0 bridgehead atoms. The van der Waals surface area contributed by atoms with Crippen LogP contribution < -0.4 is 10.1 Å². The molecule has 0 radical (unpaired) electrons. The van der Waals surface area contributed by atoms with Gasteiger partial charge in [0.15, 0.2) is 0 Å². The summed E-state index contributed by atoms with van der Waals surface area (Å²) in [5.74, 6) is -0.175. The van der Waals surface area contributed by atoms with Crippen LogP contribution in [0.2, 0.25) is 0 Å². The van der Waals surface area contributed by atoms with Crippen molar-refractivity contribution in [2.75, 3.05) is 20.3 Å². The van der Waals surface area contributed by atoms with Crippen molar-refractivity contribution in [3.8, 4) is 5.75 Å². The van der Waals surface area contributed by atoms with Gasteiger partial charge in [-0.2, -0.15) is 0 Å². The van der Waals surface area contributed by atoms with E-state index in [1.807, 2.05) is 43.3 Å². The van der Waals surface area contributed by atoms with Crippen LogP contribution in [-0.2, 0) is 14.3 Å². The minimum atomic E-state index is -0.412. The lowest BCUT2D eigenvalue weighted by Crippen LogP contribution is -2.33. The summed E-state index contributed by atoms with van der Waals surface area (Å²) >= 11 is 0. The fourth-order valence-electron chi connectivity index (χ4n) is 2.62. The predicted octanol–water partition coefficient (Wildman–Crippen LogP) is 4.05. The number of carbonyl (C=O) groups is 2. The number of rotatable bonds is 7. The monoisotopic (exact) mass is 371 g/mol. The molecular weight excluding hydrogens is 342 g/mol. The maximum atomic E-state index is 12.4. The Morgan fingerprint density at radius 3 is 2.41 bits per heavy atom. The Hall–Kier alpha value is -2.56. The van der Waals surface area contributed by atoms with E-state index in [1.54, 1.807) is 7.11 Å². The molecule has 5 heteroatoms. The van der Waals surface area contributed by atoms with Gasteiger partial charge in [0.25, 0.3) is 0 Å². The van der Waals surface area contributed by atoms with Crippen LogP contribution in [0.3, 0.4) is 0 Å². The average molecular weight is 371 g/mol. The van der Waals surface area contributed by atoms with E-state index in [2.05, 4.69) is 26.1 Å². The number of hydrogen-bond donors (Lipinski definition) is 1. The SMILES string of the molecule is COc1ccc2cc([C@H](C)C(=O)NCC(=O)OCCC(C)(C)C)ccc2c1. The maximum Gasteiger partial charge on any atom is 0.325 e. The second kappa shape index (κ2) is 8.89. The molecule has 1 atom stereocenters. The molecule has 0 saturated carbocycles. The number of amides is 1. The molecular formula is C22H29NO4. The number of hydrogen-bond acceptors (Lipinski definition) is 4. The topological polar surface area (TPSA) is 64.6 Å². The average Bonchev–Trinajstić information content (AvgIpc) is 2.63. The predicted molar refractivity (Wildman–Crippen MR) is 107 cm³/mol. The van der Waals surface area contributed by atoms with Crippen molar-refractivity contribution in [3.05, 3.63) is 42.0 Å². The zero-order valence-corrected chi connectivity index (χ0v) is 16.8. The highest BCUT2D eigenvalue weighted by atomic mass is 16.5. The van der Waals surface area contributed by atoms with Crippen LogP contribution in [0, 0.1) is 5.41 Å². The minimum absolute atomic E-state index is 0.109. The van der Waals surface area contributed by atoms with Crippen LogP contribution in [0.4, 0.5) is 0 Å². The first-order valence-electron chi connectivity index (χ1n) is 9.20. The number of esters is 1. The molecule has 1 N–H and O–H groups in total. The lowest BCUT2D eigenvalue weighted by molar-refractivity contribution is -0.144. The van der Waals surface area contributed by atoms with Gasteiger partial charge < -0.3 is 14.8 Å². The molecule has 0 fully saturated rings. The van der Waals surface area contributed by atoms with Crippen LogP contribution in [0.5, 0.6) is 5.75 Å². The first-order valence-corrected chi connectivity index (χ1v) is 9.20. The largest absolute Gasteiger partial charge is 0.497 e. The highest BCUT2D eigenvalue weighted by Gasteiger charge is 2.17. The van der Waals surface area contributed by atoms with E-state index in [0.717, 1.165) is 28.5 Å². The third-order valence-corrected chi connectivity index (χ3v) is 4.49. The molecule has 0 heterocycles. The van der Waals surface area contributed by atoms with Crippen molar-refractivity contribution in [2.24, 2.45) is 5.41 Å². The van der Waals surface area contributed by atoms with E-state index in [0.29, 0.717) is 6.61 Å². The highest BCUT2D eigenvalue weighted by Crippen LogP contribution is 2.25. The molecule has 0 spiro atoms. The Labute approximate surface area is 161 Å². The van der Waals surface area contributed by atoms with Gasteiger partial charge in [0.1, 0.15) is 12.3 Å². The van der Waals surface area contributed by atoms with Gasteiger partial charge >= 0.3 is 5.97 Å². The Morgan fingerprint density at radius 1 is 1.07 bits per heavy atom. The van der Waals surface area contributed by atoms with E-state index in [4.69, 9.17) is 9.47 Å². The molecule has 0 aromatic heterocycles. The summed E-state index contributed by atoms with van der Waals surface area (Å²) in [4.78, 5) is 24.2. The number of ether oxygens (including phenoxy) is 2. The standard InChI is InChI=1S/C22H29NO4/c1-15(21(25)23-14-20(24)27-11-10-22(2,3)4)16-6-7-18-13-19(26-5)9-8-17(18)12-16/h6-9,12-13,15H,10-11,14H2,1-5H3,(H,23,25)/t15-/m0/s1. The molecule has 2 rings (SSSR count). The van der Waals surface area contributed by atoms with Gasteiger partial charge in [-0.15, -0.1) is 0 Å². The third kappa shape index (κ3) is 6.27. The molecule has 1 amide bonds. The van der Waals surface area contributed by atoms with E-state index in [-0.39, 0.29) is 23.8 Å².